The molecule has 3 rings (SSSR count). The summed E-state index contributed by atoms with van der Waals surface area (Å²) >= 11 is 0. The van der Waals surface area contributed by atoms with E-state index in [1.165, 1.54) is 0 Å². The molecule has 1 fully saturated rings. The van der Waals surface area contributed by atoms with Crippen molar-refractivity contribution in [3.8, 4) is 5.75 Å². The summed E-state index contributed by atoms with van der Waals surface area (Å²) in [6.45, 7) is 14.2. The van der Waals surface area contributed by atoms with Crippen molar-refractivity contribution in [2.45, 2.75) is 58.5 Å². The Hall–Kier alpha value is -2.13. The van der Waals surface area contributed by atoms with E-state index in [0.29, 0.717) is 6.61 Å². The Morgan fingerprint density at radius 1 is 1.04 bits per heavy atom. The first-order valence-electron chi connectivity index (χ1n) is 9.60. The van der Waals surface area contributed by atoms with Crippen molar-refractivity contribution in [2.24, 2.45) is 0 Å². The molecule has 0 amide bonds. The predicted octanol–water partition coefficient (Wildman–Crippen LogP) is 5.29. The van der Waals surface area contributed by atoms with E-state index in [2.05, 4.69) is 47.6 Å². The van der Waals surface area contributed by atoms with Crippen LogP contribution in [0.3, 0.4) is 0 Å². The second kappa shape index (κ2) is 7.12. The third kappa shape index (κ3) is 4.78. The van der Waals surface area contributed by atoms with Gasteiger partial charge in [-0.15, -0.1) is 0 Å². The topological polar surface area (TPSA) is 38.8 Å². The minimum Gasteiger partial charge on any atom is -0.491 e. The molecule has 1 aliphatic heterocycles. The van der Waals surface area contributed by atoms with Crippen LogP contribution in [0.1, 0.15) is 68.6 Å². The van der Waals surface area contributed by atoms with Gasteiger partial charge in [-0.3, -0.25) is 4.79 Å². The number of carbonyl (C=O) groups is 1. The van der Waals surface area contributed by atoms with Crippen molar-refractivity contribution >= 4 is 5.78 Å². The molecule has 1 unspecified atom stereocenters. The van der Waals surface area contributed by atoms with Gasteiger partial charge in [-0.1, -0.05) is 59.7 Å². The summed E-state index contributed by atoms with van der Waals surface area (Å²) in [5.41, 5.74) is 3.47. The van der Waals surface area contributed by atoms with E-state index in [1.54, 1.807) is 0 Å². The minimum atomic E-state index is -0.165. The first-order valence-corrected chi connectivity index (χ1v) is 9.60. The maximum Gasteiger partial charge on any atom is 0.193 e. The fraction of sp³-hybridized carbons (Fsp3) is 0.458. The molecule has 144 valence electrons. The minimum absolute atomic E-state index is 0.00568. The van der Waals surface area contributed by atoms with Crippen LogP contribution < -0.4 is 4.74 Å². The summed E-state index contributed by atoms with van der Waals surface area (Å²) < 4.78 is 11.0. The third-order valence-electron chi connectivity index (χ3n) is 4.87. The highest BCUT2D eigenvalue weighted by Gasteiger charge is 2.26. The molecule has 3 nitrogen and oxygen atoms in total. The van der Waals surface area contributed by atoms with Gasteiger partial charge in [0.2, 0.25) is 0 Å². The molecule has 0 aliphatic carbocycles. The zero-order chi connectivity index (χ0) is 19.8. The number of epoxide rings is 1. The smallest absolute Gasteiger partial charge is 0.193 e. The molecule has 0 bridgehead atoms. The first-order chi connectivity index (χ1) is 12.6. The fourth-order valence-corrected chi connectivity index (χ4v) is 3.07. The Bertz CT molecular complexity index is 833. The number of hydrogen-bond donors (Lipinski definition) is 0. The van der Waals surface area contributed by atoms with Gasteiger partial charge >= 0.3 is 0 Å². The van der Waals surface area contributed by atoms with Crippen LogP contribution in [0.4, 0.5) is 0 Å². The van der Waals surface area contributed by atoms with Gasteiger partial charge in [0.1, 0.15) is 18.5 Å². The van der Waals surface area contributed by atoms with Crippen LogP contribution >= 0.6 is 0 Å². The van der Waals surface area contributed by atoms with Crippen LogP contribution in [0, 0.1) is 0 Å². The van der Waals surface area contributed by atoms with Gasteiger partial charge in [-0.2, -0.15) is 0 Å². The summed E-state index contributed by atoms with van der Waals surface area (Å²) in [5, 5.41) is 0. The molecule has 0 radical (unpaired) electrons. The second-order valence-electron chi connectivity index (χ2n) is 9.38. The van der Waals surface area contributed by atoms with Gasteiger partial charge < -0.3 is 9.47 Å². The van der Waals surface area contributed by atoms with Crippen molar-refractivity contribution in [3.63, 3.8) is 0 Å². The molecule has 2 aromatic carbocycles. The summed E-state index contributed by atoms with van der Waals surface area (Å²) in [6, 6.07) is 13.8. The van der Waals surface area contributed by atoms with Crippen LogP contribution in [0.5, 0.6) is 5.75 Å². The van der Waals surface area contributed by atoms with Crippen molar-refractivity contribution < 1.29 is 14.3 Å². The summed E-state index contributed by atoms with van der Waals surface area (Å²) in [4.78, 5) is 13.3. The fourth-order valence-electron chi connectivity index (χ4n) is 3.07. The number of benzene rings is 2. The first kappa shape index (κ1) is 19.6. The van der Waals surface area contributed by atoms with E-state index in [1.807, 2.05) is 36.4 Å². The summed E-state index contributed by atoms with van der Waals surface area (Å²) in [5.74, 6) is 0.846. The standard InChI is InChI=1S/C24H30O3/c1-23(2,3)17-9-7-8-16(12-17)22(25)20-11-10-18(26-14-19-15-27-19)13-21(20)24(4,5)6/h7-13,19H,14-15H2,1-6H3. The molecule has 0 N–H and O–H groups in total. The van der Waals surface area contributed by atoms with Crippen molar-refractivity contribution in [3.05, 3.63) is 64.7 Å². The molecule has 2 aromatic rings. The molecule has 0 aromatic heterocycles. The molecule has 1 saturated heterocycles. The van der Waals surface area contributed by atoms with Crippen LogP contribution in [0.25, 0.3) is 0 Å². The Labute approximate surface area is 162 Å². The van der Waals surface area contributed by atoms with Gasteiger partial charge in [-0.25, -0.2) is 0 Å². The Morgan fingerprint density at radius 3 is 2.33 bits per heavy atom. The van der Waals surface area contributed by atoms with E-state index in [-0.39, 0.29) is 22.7 Å². The normalized spacial score (nSPS) is 16.9. The Balaban J connectivity index is 1.95. The highest BCUT2D eigenvalue weighted by molar-refractivity contribution is 6.10. The molecule has 3 heteroatoms. The number of hydrogen-bond acceptors (Lipinski definition) is 3. The molecule has 0 saturated carbocycles. The van der Waals surface area contributed by atoms with Gasteiger partial charge in [0.05, 0.1) is 6.61 Å². The number of carbonyl (C=O) groups excluding carboxylic acids is 1. The highest BCUT2D eigenvalue weighted by atomic mass is 16.6. The van der Waals surface area contributed by atoms with E-state index in [9.17, 15) is 4.79 Å². The SMILES string of the molecule is CC(C)(C)c1cccc(C(=O)c2ccc(OCC3CO3)cc2C(C)(C)C)c1. The van der Waals surface area contributed by atoms with E-state index < -0.39 is 0 Å². The lowest BCUT2D eigenvalue weighted by Crippen LogP contribution is -2.19. The number of rotatable bonds is 5. The maximum absolute atomic E-state index is 13.3. The second-order valence-corrected chi connectivity index (χ2v) is 9.38. The molecular weight excluding hydrogens is 336 g/mol. The maximum atomic E-state index is 13.3. The van der Waals surface area contributed by atoms with Gasteiger partial charge in [0, 0.05) is 11.1 Å². The lowest BCUT2D eigenvalue weighted by Gasteiger charge is -2.24. The Kier molecular flexibility index (Phi) is 5.18. The van der Waals surface area contributed by atoms with Crippen LogP contribution in [0.15, 0.2) is 42.5 Å². The van der Waals surface area contributed by atoms with Crippen molar-refractivity contribution in [2.75, 3.05) is 13.2 Å². The van der Waals surface area contributed by atoms with Crippen LogP contribution in [0.2, 0.25) is 0 Å². The summed E-state index contributed by atoms with van der Waals surface area (Å²) in [6.07, 6.45) is 0.213. The zero-order valence-electron chi connectivity index (χ0n) is 17.3. The van der Waals surface area contributed by atoms with Gasteiger partial charge in [-0.05, 0) is 46.2 Å². The highest BCUT2D eigenvalue weighted by Crippen LogP contribution is 2.32. The average Bonchev–Trinajstić information content (AvgIpc) is 3.42. The van der Waals surface area contributed by atoms with Gasteiger partial charge in [0.25, 0.3) is 0 Å². The molecule has 1 heterocycles. The largest absolute Gasteiger partial charge is 0.491 e. The van der Waals surface area contributed by atoms with E-state index in [0.717, 1.165) is 34.6 Å². The molecular formula is C24H30O3. The average molecular weight is 367 g/mol. The Morgan fingerprint density at radius 2 is 1.74 bits per heavy atom. The number of ketones is 1. The lowest BCUT2D eigenvalue weighted by atomic mass is 9.80. The van der Waals surface area contributed by atoms with Crippen LogP contribution in [-0.4, -0.2) is 25.1 Å². The van der Waals surface area contributed by atoms with Crippen molar-refractivity contribution in [1.29, 1.82) is 0 Å². The molecule has 1 aliphatic rings. The third-order valence-corrected chi connectivity index (χ3v) is 4.87. The van der Waals surface area contributed by atoms with E-state index >= 15 is 0 Å². The molecule has 27 heavy (non-hydrogen) atoms. The van der Waals surface area contributed by atoms with E-state index in [4.69, 9.17) is 9.47 Å². The predicted molar refractivity (Wildman–Crippen MR) is 109 cm³/mol. The quantitative estimate of drug-likeness (QED) is 0.533. The van der Waals surface area contributed by atoms with Gasteiger partial charge in [0.15, 0.2) is 5.78 Å². The summed E-state index contributed by atoms with van der Waals surface area (Å²) in [7, 11) is 0. The monoisotopic (exact) mass is 366 g/mol. The zero-order valence-corrected chi connectivity index (χ0v) is 17.3. The molecule has 1 atom stereocenters. The lowest BCUT2D eigenvalue weighted by molar-refractivity contribution is 0.103. The van der Waals surface area contributed by atoms with Crippen LogP contribution in [-0.2, 0) is 15.6 Å². The number of ether oxygens (including phenoxy) is 2. The van der Waals surface area contributed by atoms with Crippen molar-refractivity contribution in [1.82, 2.24) is 0 Å². The molecule has 0 spiro atoms.